The van der Waals surface area contributed by atoms with Crippen LogP contribution in [0.5, 0.6) is 0 Å². The maximum absolute atomic E-state index is 12.6. The predicted octanol–water partition coefficient (Wildman–Crippen LogP) is 3.19. The lowest BCUT2D eigenvalue weighted by atomic mass is 10.1. The van der Waals surface area contributed by atoms with Gasteiger partial charge in [-0.1, -0.05) is 24.3 Å². The van der Waals surface area contributed by atoms with Crippen LogP contribution in [0.15, 0.2) is 48.5 Å². The smallest absolute Gasteiger partial charge is 0.251 e. The topological polar surface area (TPSA) is 69.7 Å². The molecule has 30 heavy (non-hydrogen) atoms. The van der Waals surface area contributed by atoms with Crippen LogP contribution in [-0.2, 0) is 16.4 Å². The van der Waals surface area contributed by atoms with Crippen molar-refractivity contribution in [3.05, 3.63) is 59.7 Å². The Morgan fingerprint density at radius 2 is 1.97 bits per heavy atom. The van der Waals surface area contributed by atoms with Crippen molar-refractivity contribution in [2.24, 2.45) is 0 Å². The molecule has 6 nitrogen and oxygen atoms in total. The zero-order valence-electron chi connectivity index (χ0n) is 17.4. The minimum atomic E-state index is -3.28. The molecule has 0 aliphatic carbocycles. The van der Waals surface area contributed by atoms with Crippen molar-refractivity contribution in [1.29, 1.82) is 0 Å². The van der Waals surface area contributed by atoms with Crippen molar-refractivity contribution >= 4 is 27.3 Å². The first kappa shape index (κ1) is 20.7. The van der Waals surface area contributed by atoms with Gasteiger partial charge in [0.1, 0.15) is 0 Å². The summed E-state index contributed by atoms with van der Waals surface area (Å²) in [7, 11) is -3.28. The lowest BCUT2D eigenvalue weighted by molar-refractivity contribution is 0.0953. The molecule has 0 aromatic heterocycles. The van der Waals surface area contributed by atoms with E-state index in [1.165, 1.54) is 15.6 Å². The second-order valence-electron chi connectivity index (χ2n) is 8.13. The molecule has 0 bridgehead atoms. The standard InChI is InChI=1S/C23H29N3O3S/c1-18-16-19-8-2-3-11-22(19)25(18)13-7-12-24-23(27)20-9-6-10-21(17-20)26-14-4-5-15-30(26,28)29/h2-3,6,8-11,17-18H,4-5,7,12-16H2,1H3,(H,24,27)/t18-/m1/s1. The van der Waals surface area contributed by atoms with Crippen molar-refractivity contribution in [1.82, 2.24) is 5.32 Å². The molecular formula is C23H29N3O3S. The number of benzene rings is 2. The van der Waals surface area contributed by atoms with Crippen LogP contribution in [0.1, 0.15) is 42.1 Å². The average Bonchev–Trinajstić information content (AvgIpc) is 3.06. The molecule has 0 radical (unpaired) electrons. The van der Waals surface area contributed by atoms with E-state index in [1.807, 2.05) is 0 Å². The molecule has 0 spiro atoms. The van der Waals surface area contributed by atoms with E-state index in [2.05, 4.69) is 41.4 Å². The fourth-order valence-electron chi connectivity index (χ4n) is 4.40. The highest BCUT2D eigenvalue weighted by atomic mass is 32.2. The Hall–Kier alpha value is -2.54. The number of para-hydroxylation sites is 1. The number of rotatable bonds is 6. The first-order chi connectivity index (χ1) is 14.5. The monoisotopic (exact) mass is 427 g/mol. The van der Waals surface area contributed by atoms with Gasteiger partial charge in [-0.25, -0.2) is 8.42 Å². The molecule has 0 unspecified atom stereocenters. The van der Waals surface area contributed by atoms with Crippen molar-refractivity contribution in [3.63, 3.8) is 0 Å². The number of sulfonamides is 1. The largest absolute Gasteiger partial charge is 0.368 e. The lowest BCUT2D eigenvalue weighted by Crippen LogP contribution is -2.38. The molecule has 1 saturated heterocycles. The first-order valence-electron chi connectivity index (χ1n) is 10.7. The highest BCUT2D eigenvalue weighted by Gasteiger charge is 2.27. The maximum atomic E-state index is 12.6. The Morgan fingerprint density at radius 1 is 1.13 bits per heavy atom. The minimum Gasteiger partial charge on any atom is -0.368 e. The molecule has 2 aliphatic heterocycles. The van der Waals surface area contributed by atoms with Crippen LogP contribution in [0.25, 0.3) is 0 Å². The SMILES string of the molecule is C[C@@H]1Cc2ccccc2N1CCCNC(=O)c1cccc(N2CCCCS2(=O)=O)c1. The molecule has 4 rings (SSSR count). The van der Waals surface area contributed by atoms with Gasteiger partial charge in [0.25, 0.3) is 5.91 Å². The highest BCUT2D eigenvalue weighted by Crippen LogP contribution is 2.31. The summed E-state index contributed by atoms with van der Waals surface area (Å²) in [6.45, 7) is 4.18. The van der Waals surface area contributed by atoms with Crippen molar-refractivity contribution in [3.8, 4) is 0 Å². The van der Waals surface area contributed by atoms with Crippen molar-refractivity contribution in [2.45, 2.75) is 38.6 Å². The summed E-state index contributed by atoms with van der Waals surface area (Å²) < 4.78 is 26.1. The van der Waals surface area contributed by atoms with Gasteiger partial charge in [0.05, 0.1) is 11.4 Å². The number of fused-ring (bicyclic) bond motifs is 1. The summed E-state index contributed by atoms with van der Waals surface area (Å²) in [5, 5.41) is 2.98. The van der Waals surface area contributed by atoms with E-state index < -0.39 is 10.0 Å². The quantitative estimate of drug-likeness (QED) is 0.719. The van der Waals surface area contributed by atoms with Crippen LogP contribution in [0.2, 0.25) is 0 Å². The van der Waals surface area contributed by atoms with Gasteiger partial charge in [-0.15, -0.1) is 0 Å². The van der Waals surface area contributed by atoms with Gasteiger partial charge in [-0.3, -0.25) is 9.10 Å². The Balaban J connectivity index is 1.33. The zero-order valence-corrected chi connectivity index (χ0v) is 18.2. The van der Waals surface area contributed by atoms with E-state index in [-0.39, 0.29) is 11.7 Å². The number of hydrogen-bond donors (Lipinski definition) is 1. The Kier molecular flexibility index (Phi) is 5.99. The number of anilines is 2. The molecule has 1 N–H and O–H groups in total. The molecule has 1 atom stereocenters. The summed E-state index contributed by atoms with van der Waals surface area (Å²) >= 11 is 0. The third-order valence-electron chi connectivity index (χ3n) is 5.96. The van der Waals surface area contributed by atoms with E-state index in [9.17, 15) is 13.2 Å². The van der Waals surface area contributed by atoms with Gasteiger partial charge in [-0.2, -0.15) is 0 Å². The van der Waals surface area contributed by atoms with Gasteiger partial charge in [-0.05, 0) is 62.4 Å². The summed E-state index contributed by atoms with van der Waals surface area (Å²) in [5.74, 6) is 0.00251. The lowest BCUT2D eigenvalue weighted by Gasteiger charge is -2.28. The van der Waals surface area contributed by atoms with Crippen molar-refractivity contribution in [2.75, 3.05) is 34.6 Å². The Bertz CT molecular complexity index is 1020. The Labute approximate surface area is 178 Å². The van der Waals surface area contributed by atoms with E-state index in [0.717, 1.165) is 25.8 Å². The van der Waals surface area contributed by atoms with Crippen LogP contribution in [0, 0.1) is 0 Å². The van der Waals surface area contributed by atoms with Crippen LogP contribution in [0.3, 0.4) is 0 Å². The van der Waals surface area contributed by atoms with Crippen LogP contribution < -0.4 is 14.5 Å². The number of amides is 1. The van der Waals surface area contributed by atoms with Crippen molar-refractivity contribution < 1.29 is 13.2 Å². The summed E-state index contributed by atoms with van der Waals surface area (Å²) in [5.41, 5.74) is 3.75. The highest BCUT2D eigenvalue weighted by molar-refractivity contribution is 7.92. The molecule has 2 aromatic rings. The molecule has 2 aromatic carbocycles. The zero-order chi connectivity index (χ0) is 21.1. The van der Waals surface area contributed by atoms with E-state index in [4.69, 9.17) is 0 Å². The molecule has 2 aliphatic rings. The normalized spacial score (nSPS) is 20.1. The molecule has 1 amide bonds. The van der Waals surface area contributed by atoms with E-state index in [1.54, 1.807) is 24.3 Å². The third-order valence-corrected chi connectivity index (χ3v) is 7.82. The van der Waals surface area contributed by atoms with E-state index >= 15 is 0 Å². The van der Waals surface area contributed by atoms with Gasteiger partial charge in [0.2, 0.25) is 10.0 Å². The average molecular weight is 428 g/mol. The second-order valence-corrected chi connectivity index (χ2v) is 10.1. The second kappa shape index (κ2) is 8.68. The number of hydrogen-bond acceptors (Lipinski definition) is 4. The summed E-state index contributed by atoms with van der Waals surface area (Å²) in [4.78, 5) is 15.0. The van der Waals surface area contributed by atoms with Crippen LogP contribution in [0.4, 0.5) is 11.4 Å². The third kappa shape index (κ3) is 4.31. The van der Waals surface area contributed by atoms with E-state index in [0.29, 0.717) is 36.8 Å². The Morgan fingerprint density at radius 3 is 2.80 bits per heavy atom. The first-order valence-corrected chi connectivity index (χ1v) is 12.3. The molecular weight excluding hydrogens is 398 g/mol. The van der Waals surface area contributed by atoms with Gasteiger partial charge in [0, 0.05) is 36.9 Å². The van der Waals surface area contributed by atoms with Crippen LogP contribution in [-0.4, -0.2) is 45.8 Å². The number of nitrogens with zero attached hydrogens (tertiary/aromatic N) is 2. The minimum absolute atomic E-state index is 0.166. The summed E-state index contributed by atoms with van der Waals surface area (Å²) in [6.07, 6.45) is 3.45. The number of nitrogens with one attached hydrogen (secondary N) is 1. The number of carbonyl (C=O) groups is 1. The molecule has 1 fully saturated rings. The number of carbonyl (C=O) groups excluding carboxylic acids is 1. The molecule has 0 saturated carbocycles. The predicted molar refractivity (Wildman–Crippen MR) is 121 cm³/mol. The molecule has 7 heteroatoms. The fourth-order valence-corrected chi connectivity index (χ4v) is 6.04. The summed E-state index contributed by atoms with van der Waals surface area (Å²) in [6, 6.07) is 15.9. The van der Waals surface area contributed by atoms with Crippen LogP contribution >= 0.6 is 0 Å². The molecule has 2 heterocycles. The van der Waals surface area contributed by atoms with Gasteiger partial charge >= 0.3 is 0 Å². The van der Waals surface area contributed by atoms with Gasteiger partial charge < -0.3 is 10.2 Å². The fraction of sp³-hybridized carbons (Fsp3) is 0.435. The molecule has 160 valence electrons. The van der Waals surface area contributed by atoms with Gasteiger partial charge in [0.15, 0.2) is 0 Å². The maximum Gasteiger partial charge on any atom is 0.251 e.